The second-order valence-corrected chi connectivity index (χ2v) is 7.37. The first-order valence-corrected chi connectivity index (χ1v) is 9.79. The van der Waals surface area contributed by atoms with Gasteiger partial charge in [0.05, 0.1) is 16.4 Å². The zero-order valence-corrected chi connectivity index (χ0v) is 17.2. The van der Waals surface area contributed by atoms with Crippen LogP contribution in [-0.2, 0) is 4.79 Å². The van der Waals surface area contributed by atoms with E-state index in [9.17, 15) is 18.8 Å². The van der Waals surface area contributed by atoms with Gasteiger partial charge in [0.1, 0.15) is 5.82 Å². The van der Waals surface area contributed by atoms with Crippen LogP contribution >= 0.6 is 11.3 Å². The number of likely N-dealkylation sites (N-methyl/N-ethyl adjacent to an activating group) is 2. The predicted molar refractivity (Wildman–Crippen MR) is 108 cm³/mol. The number of nitrogens with one attached hydrogen (secondary N) is 1. The van der Waals surface area contributed by atoms with Crippen molar-refractivity contribution in [3.05, 3.63) is 52.2 Å². The summed E-state index contributed by atoms with van der Waals surface area (Å²) < 4.78 is 13.3. The molecule has 1 heterocycles. The number of carbonyl (C=O) groups excluding carboxylic acids is 3. The molecule has 28 heavy (non-hydrogen) atoms. The molecule has 3 amide bonds. The summed E-state index contributed by atoms with van der Waals surface area (Å²) in [5, 5.41) is 3.17. The lowest BCUT2D eigenvalue weighted by molar-refractivity contribution is -0.131. The van der Waals surface area contributed by atoms with Gasteiger partial charge in [-0.2, -0.15) is 0 Å². The van der Waals surface area contributed by atoms with E-state index in [4.69, 9.17) is 0 Å². The molecule has 0 radical (unpaired) electrons. The summed E-state index contributed by atoms with van der Waals surface area (Å²) in [5.74, 6) is -1.35. The van der Waals surface area contributed by atoms with E-state index in [0.29, 0.717) is 28.5 Å². The number of anilines is 1. The summed E-state index contributed by atoms with van der Waals surface area (Å²) in [6.07, 6.45) is 0. The number of amides is 3. The summed E-state index contributed by atoms with van der Waals surface area (Å²) >= 11 is 1.13. The predicted octanol–water partition coefficient (Wildman–Crippen LogP) is 3.39. The molecule has 150 valence electrons. The molecule has 0 aliphatic carbocycles. The number of hydrogen-bond donors (Lipinski definition) is 1. The van der Waals surface area contributed by atoms with Gasteiger partial charge in [0.25, 0.3) is 11.8 Å². The molecule has 8 heteroatoms. The smallest absolute Gasteiger partial charge is 0.264 e. The highest BCUT2D eigenvalue weighted by Gasteiger charge is 2.22. The molecular formula is C20H24FN3O3S. The Bertz CT molecular complexity index is 877. The van der Waals surface area contributed by atoms with Crippen LogP contribution in [-0.4, -0.2) is 54.2 Å². The molecule has 0 saturated heterocycles. The molecular weight excluding hydrogens is 381 g/mol. The largest absolute Gasteiger partial charge is 0.342 e. The molecule has 0 atom stereocenters. The average Bonchev–Trinajstić information content (AvgIpc) is 3.02. The zero-order chi connectivity index (χ0) is 20.8. The Balaban J connectivity index is 2.09. The van der Waals surface area contributed by atoms with Crippen LogP contribution in [0.2, 0.25) is 0 Å². The van der Waals surface area contributed by atoms with Crippen LogP contribution in [0.25, 0.3) is 0 Å². The minimum atomic E-state index is -0.495. The fourth-order valence-corrected chi connectivity index (χ4v) is 3.76. The monoisotopic (exact) mass is 405 g/mol. The standard InChI is InChI=1S/C20H24FN3O3S/c1-5-24(6-2)17(25)12-23(4)20(27)18-13(3)10-16(28-18)22-19(26)14-8-7-9-15(21)11-14/h7-11H,5-6,12H2,1-4H3,(H,22,26). The first-order valence-electron chi connectivity index (χ1n) is 8.97. The highest BCUT2D eigenvalue weighted by molar-refractivity contribution is 7.18. The molecule has 1 N–H and O–H groups in total. The fraction of sp³-hybridized carbons (Fsp3) is 0.350. The maximum atomic E-state index is 13.3. The number of carbonyl (C=O) groups is 3. The van der Waals surface area contributed by atoms with Crippen molar-refractivity contribution in [1.82, 2.24) is 9.80 Å². The summed E-state index contributed by atoms with van der Waals surface area (Å²) in [6.45, 7) is 6.71. The van der Waals surface area contributed by atoms with Gasteiger partial charge >= 0.3 is 0 Å². The molecule has 0 aliphatic rings. The Kier molecular flexibility index (Phi) is 7.28. The molecule has 0 spiro atoms. The van der Waals surface area contributed by atoms with E-state index < -0.39 is 11.7 Å². The Labute approximate surface area is 167 Å². The maximum absolute atomic E-state index is 13.3. The van der Waals surface area contributed by atoms with Gasteiger partial charge < -0.3 is 15.1 Å². The summed E-state index contributed by atoms with van der Waals surface area (Å²) in [5.41, 5.74) is 0.896. The van der Waals surface area contributed by atoms with Gasteiger partial charge in [-0.3, -0.25) is 14.4 Å². The number of hydrogen-bond acceptors (Lipinski definition) is 4. The lowest BCUT2D eigenvalue weighted by Crippen LogP contribution is -2.40. The van der Waals surface area contributed by atoms with E-state index in [-0.39, 0.29) is 23.9 Å². The molecule has 0 aliphatic heterocycles. The minimum absolute atomic E-state index is 0.0111. The van der Waals surface area contributed by atoms with Gasteiger partial charge in [0, 0.05) is 25.7 Å². The van der Waals surface area contributed by atoms with Crippen molar-refractivity contribution in [3.63, 3.8) is 0 Å². The third kappa shape index (κ3) is 5.16. The second kappa shape index (κ2) is 9.45. The zero-order valence-electron chi connectivity index (χ0n) is 16.4. The summed E-state index contributed by atoms with van der Waals surface area (Å²) in [7, 11) is 1.58. The maximum Gasteiger partial charge on any atom is 0.264 e. The van der Waals surface area contributed by atoms with Crippen molar-refractivity contribution in [2.45, 2.75) is 20.8 Å². The first kappa shape index (κ1) is 21.6. The number of aryl methyl sites for hydroxylation is 1. The molecule has 0 fully saturated rings. The molecule has 2 rings (SSSR count). The Hall–Kier alpha value is -2.74. The van der Waals surface area contributed by atoms with Gasteiger partial charge in [-0.05, 0) is 50.6 Å². The number of benzene rings is 1. The van der Waals surface area contributed by atoms with Gasteiger partial charge in [0.2, 0.25) is 5.91 Å². The molecule has 1 aromatic carbocycles. The fourth-order valence-electron chi connectivity index (χ4n) is 2.69. The van der Waals surface area contributed by atoms with E-state index in [1.807, 2.05) is 13.8 Å². The number of halogens is 1. The van der Waals surface area contributed by atoms with Gasteiger partial charge in [0.15, 0.2) is 0 Å². The van der Waals surface area contributed by atoms with Crippen LogP contribution in [0.3, 0.4) is 0 Å². The quantitative estimate of drug-likeness (QED) is 0.768. The van der Waals surface area contributed by atoms with Crippen molar-refractivity contribution in [3.8, 4) is 0 Å². The van der Waals surface area contributed by atoms with Gasteiger partial charge in [-0.25, -0.2) is 4.39 Å². The van der Waals surface area contributed by atoms with Crippen molar-refractivity contribution in [2.75, 3.05) is 32.0 Å². The van der Waals surface area contributed by atoms with Crippen molar-refractivity contribution >= 4 is 34.1 Å². The lowest BCUT2D eigenvalue weighted by atomic mass is 10.2. The molecule has 6 nitrogen and oxygen atoms in total. The highest BCUT2D eigenvalue weighted by Crippen LogP contribution is 2.28. The van der Waals surface area contributed by atoms with Gasteiger partial charge in [-0.15, -0.1) is 11.3 Å². The van der Waals surface area contributed by atoms with Crippen LogP contribution in [0.1, 0.15) is 39.4 Å². The van der Waals surface area contributed by atoms with E-state index in [1.54, 1.807) is 24.9 Å². The van der Waals surface area contributed by atoms with Crippen molar-refractivity contribution < 1.29 is 18.8 Å². The summed E-state index contributed by atoms with van der Waals surface area (Å²) in [4.78, 5) is 40.7. The number of nitrogens with zero attached hydrogens (tertiary/aromatic N) is 2. The van der Waals surface area contributed by atoms with Crippen LogP contribution < -0.4 is 5.32 Å². The number of rotatable bonds is 7. The van der Waals surface area contributed by atoms with Crippen LogP contribution in [0.5, 0.6) is 0 Å². The van der Waals surface area contributed by atoms with E-state index in [0.717, 1.165) is 17.4 Å². The van der Waals surface area contributed by atoms with Crippen molar-refractivity contribution in [2.24, 2.45) is 0 Å². The normalized spacial score (nSPS) is 10.5. The molecule has 0 unspecified atom stereocenters. The van der Waals surface area contributed by atoms with Crippen LogP contribution in [0.15, 0.2) is 30.3 Å². The Morgan fingerprint density at radius 2 is 1.82 bits per heavy atom. The topological polar surface area (TPSA) is 69.7 Å². The third-order valence-corrected chi connectivity index (χ3v) is 5.41. The third-order valence-electron chi connectivity index (χ3n) is 4.27. The van der Waals surface area contributed by atoms with E-state index in [1.165, 1.54) is 23.1 Å². The van der Waals surface area contributed by atoms with Crippen LogP contribution in [0.4, 0.5) is 9.39 Å². The minimum Gasteiger partial charge on any atom is -0.342 e. The number of thiophene rings is 1. The van der Waals surface area contributed by atoms with Crippen LogP contribution in [0, 0.1) is 12.7 Å². The molecule has 2 aromatic rings. The lowest BCUT2D eigenvalue weighted by Gasteiger charge is -2.23. The molecule has 0 bridgehead atoms. The van der Waals surface area contributed by atoms with Crippen molar-refractivity contribution in [1.29, 1.82) is 0 Å². The Morgan fingerprint density at radius 1 is 1.14 bits per heavy atom. The van der Waals surface area contributed by atoms with E-state index in [2.05, 4.69) is 5.32 Å². The Morgan fingerprint density at radius 3 is 2.43 bits per heavy atom. The SMILES string of the molecule is CCN(CC)C(=O)CN(C)C(=O)c1sc(NC(=O)c2cccc(F)c2)cc1C. The van der Waals surface area contributed by atoms with Gasteiger partial charge in [-0.1, -0.05) is 6.07 Å². The highest BCUT2D eigenvalue weighted by atomic mass is 32.1. The summed E-state index contributed by atoms with van der Waals surface area (Å²) in [6, 6.07) is 7.07. The first-order chi connectivity index (χ1) is 13.3. The molecule has 1 aromatic heterocycles. The van der Waals surface area contributed by atoms with E-state index >= 15 is 0 Å². The average molecular weight is 405 g/mol. The second-order valence-electron chi connectivity index (χ2n) is 6.31. The molecule has 0 saturated carbocycles.